The Morgan fingerprint density at radius 1 is 0.424 bits per heavy atom. The van der Waals surface area contributed by atoms with E-state index in [2.05, 4.69) is 26.1 Å². The number of rotatable bonds is 49. The van der Waals surface area contributed by atoms with Crippen LogP contribution in [0.3, 0.4) is 0 Å². The van der Waals surface area contributed by atoms with Crippen LogP contribution in [-0.2, 0) is 14.3 Å². The number of carbonyl (C=O) groups excluding carboxylic acids is 2. The van der Waals surface area contributed by atoms with Crippen LogP contribution in [0.1, 0.15) is 303 Å². The molecule has 0 saturated heterocycles. The van der Waals surface area contributed by atoms with Crippen LogP contribution in [0.15, 0.2) is 0 Å². The van der Waals surface area contributed by atoms with Gasteiger partial charge in [-0.05, 0) is 25.7 Å². The molecule has 0 fully saturated rings. The minimum absolute atomic E-state index is 0.0875. The highest BCUT2D eigenvalue weighted by molar-refractivity contribution is 5.77. The van der Waals surface area contributed by atoms with Crippen molar-refractivity contribution in [3.63, 3.8) is 0 Å². The summed E-state index contributed by atoms with van der Waals surface area (Å²) in [7, 11) is 0. The molecule has 0 rings (SSSR count). The van der Waals surface area contributed by atoms with Crippen LogP contribution in [0.4, 0.5) is 0 Å². The van der Waals surface area contributed by atoms with Gasteiger partial charge in [0.25, 0.3) is 0 Å². The molecule has 0 spiro atoms. The Morgan fingerprint density at radius 2 is 0.712 bits per heavy atom. The number of aliphatic hydroxyl groups is 2. The first-order chi connectivity index (χ1) is 29.0. The van der Waals surface area contributed by atoms with Gasteiger partial charge in [-0.1, -0.05) is 265 Å². The first-order valence-electron chi connectivity index (χ1n) is 26.8. The first kappa shape index (κ1) is 57.9. The highest BCUT2D eigenvalue weighted by Gasteiger charge is 2.24. The number of unbranched alkanes of at least 4 members (excludes halogenated alkanes) is 37. The zero-order chi connectivity index (χ0) is 43.1. The normalized spacial score (nSPS) is 13.1. The van der Waals surface area contributed by atoms with Gasteiger partial charge in [0.1, 0.15) is 6.10 Å². The second kappa shape index (κ2) is 47.9. The lowest BCUT2D eigenvalue weighted by Crippen LogP contribution is -2.46. The van der Waals surface area contributed by atoms with Crippen molar-refractivity contribution in [2.75, 3.05) is 6.61 Å². The molecule has 0 aliphatic carbocycles. The summed E-state index contributed by atoms with van der Waals surface area (Å²) in [6, 6.07) is -0.691. The molecule has 1 amide bonds. The average molecular weight is 836 g/mol. The van der Waals surface area contributed by atoms with Gasteiger partial charge in [-0.3, -0.25) is 9.59 Å². The number of hydrogen-bond acceptors (Lipinski definition) is 5. The van der Waals surface area contributed by atoms with Gasteiger partial charge in [0, 0.05) is 6.42 Å². The lowest BCUT2D eigenvalue weighted by Gasteiger charge is -2.24. The Hall–Kier alpha value is -1.14. The summed E-state index contributed by atoms with van der Waals surface area (Å²) in [5.41, 5.74) is 0. The Labute approximate surface area is 368 Å². The van der Waals surface area contributed by atoms with E-state index in [4.69, 9.17) is 4.74 Å². The van der Waals surface area contributed by atoms with E-state index in [1.165, 1.54) is 218 Å². The van der Waals surface area contributed by atoms with Gasteiger partial charge in [0.15, 0.2) is 0 Å². The maximum atomic E-state index is 13.2. The van der Waals surface area contributed by atoms with E-state index in [9.17, 15) is 19.8 Å². The SMILES string of the molecule is CCCCCCCCCCCCCCCCCCCCCC(=O)OC(CCCCCCCCCCCCCC)CC(=O)NC(CO)C(O)CCCCCCCCCCC. The fourth-order valence-corrected chi connectivity index (χ4v) is 8.61. The van der Waals surface area contributed by atoms with Crippen molar-refractivity contribution in [1.29, 1.82) is 0 Å². The molecule has 6 nitrogen and oxygen atoms in total. The van der Waals surface area contributed by atoms with E-state index in [0.717, 1.165) is 38.5 Å². The van der Waals surface area contributed by atoms with Crippen molar-refractivity contribution < 1.29 is 24.5 Å². The van der Waals surface area contributed by atoms with Crippen molar-refractivity contribution >= 4 is 11.9 Å². The highest BCUT2D eigenvalue weighted by Crippen LogP contribution is 2.19. The number of ether oxygens (including phenoxy) is 1. The van der Waals surface area contributed by atoms with Crippen molar-refractivity contribution in [2.45, 2.75) is 322 Å². The topological polar surface area (TPSA) is 95.9 Å². The quantitative estimate of drug-likeness (QED) is 0.0419. The standard InChI is InChI=1S/C53H105NO5/c1-4-7-10-13-16-19-21-23-24-25-26-27-28-29-31-34-37-40-43-46-53(58)59-49(44-41-38-35-33-30-22-20-17-14-11-8-5-2)47-52(57)54-50(48-55)51(56)45-42-39-36-32-18-15-12-9-6-3/h49-51,55-56H,4-48H2,1-3H3,(H,54,57). The molecule has 352 valence electrons. The molecule has 0 aliphatic heterocycles. The smallest absolute Gasteiger partial charge is 0.306 e. The molecule has 0 aromatic heterocycles. The van der Waals surface area contributed by atoms with E-state index in [0.29, 0.717) is 19.3 Å². The summed E-state index contributed by atoms with van der Waals surface area (Å²) in [6.07, 6.45) is 51.7. The van der Waals surface area contributed by atoms with Crippen molar-refractivity contribution in [1.82, 2.24) is 5.32 Å². The van der Waals surface area contributed by atoms with Crippen molar-refractivity contribution in [2.24, 2.45) is 0 Å². The molecule has 0 heterocycles. The zero-order valence-corrected chi connectivity index (χ0v) is 40.2. The maximum absolute atomic E-state index is 13.2. The lowest BCUT2D eigenvalue weighted by molar-refractivity contribution is -0.151. The van der Waals surface area contributed by atoms with Gasteiger partial charge in [0.05, 0.1) is 25.2 Å². The van der Waals surface area contributed by atoms with E-state index in [-0.39, 0.29) is 24.9 Å². The Bertz CT molecular complexity index is 852. The van der Waals surface area contributed by atoms with Gasteiger partial charge < -0.3 is 20.3 Å². The molecule has 3 unspecified atom stereocenters. The Balaban J connectivity index is 4.41. The van der Waals surface area contributed by atoms with Crippen LogP contribution >= 0.6 is 0 Å². The molecule has 3 atom stereocenters. The Kier molecular flexibility index (Phi) is 47.0. The summed E-state index contributed by atoms with van der Waals surface area (Å²) in [5.74, 6) is -0.451. The number of amides is 1. The summed E-state index contributed by atoms with van der Waals surface area (Å²) in [4.78, 5) is 26.1. The molecular formula is C53H105NO5. The number of nitrogens with one attached hydrogen (secondary N) is 1. The monoisotopic (exact) mass is 836 g/mol. The minimum Gasteiger partial charge on any atom is -0.462 e. The number of esters is 1. The lowest BCUT2D eigenvalue weighted by atomic mass is 10.0. The number of aliphatic hydroxyl groups excluding tert-OH is 2. The highest BCUT2D eigenvalue weighted by atomic mass is 16.5. The Morgan fingerprint density at radius 3 is 1.03 bits per heavy atom. The first-order valence-corrected chi connectivity index (χ1v) is 26.8. The second-order valence-electron chi connectivity index (χ2n) is 18.6. The third-order valence-electron chi connectivity index (χ3n) is 12.7. The van der Waals surface area contributed by atoms with Gasteiger partial charge in [0.2, 0.25) is 5.91 Å². The zero-order valence-electron chi connectivity index (χ0n) is 40.2. The van der Waals surface area contributed by atoms with Gasteiger partial charge in [-0.15, -0.1) is 0 Å². The maximum Gasteiger partial charge on any atom is 0.306 e. The van der Waals surface area contributed by atoms with Crippen LogP contribution in [0, 0.1) is 0 Å². The van der Waals surface area contributed by atoms with Gasteiger partial charge in [-0.25, -0.2) is 0 Å². The summed E-state index contributed by atoms with van der Waals surface area (Å²) in [5, 5.41) is 23.7. The molecule has 0 aliphatic rings. The van der Waals surface area contributed by atoms with Gasteiger partial charge in [-0.2, -0.15) is 0 Å². The fraction of sp³-hybridized carbons (Fsp3) is 0.962. The van der Waals surface area contributed by atoms with Gasteiger partial charge >= 0.3 is 5.97 Å². The number of hydrogen-bond donors (Lipinski definition) is 3. The van der Waals surface area contributed by atoms with Crippen LogP contribution in [0.25, 0.3) is 0 Å². The molecule has 0 bridgehead atoms. The van der Waals surface area contributed by atoms with Crippen molar-refractivity contribution in [3.8, 4) is 0 Å². The van der Waals surface area contributed by atoms with Crippen LogP contribution in [0.5, 0.6) is 0 Å². The second-order valence-corrected chi connectivity index (χ2v) is 18.6. The van der Waals surface area contributed by atoms with E-state index >= 15 is 0 Å². The molecule has 0 aromatic carbocycles. The minimum atomic E-state index is -0.778. The van der Waals surface area contributed by atoms with E-state index < -0.39 is 18.2 Å². The number of carbonyl (C=O) groups is 2. The molecule has 0 saturated carbocycles. The molecule has 3 N–H and O–H groups in total. The molecule has 59 heavy (non-hydrogen) atoms. The third kappa shape index (κ3) is 43.3. The molecule has 0 aromatic rings. The van der Waals surface area contributed by atoms with Crippen LogP contribution < -0.4 is 5.32 Å². The summed E-state index contributed by atoms with van der Waals surface area (Å²) < 4.78 is 5.94. The third-order valence-corrected chi connectivity index (χ3v) is 12.7. The summed E-state index contributed by atoms with van der Waals surface area (Å²) >= 11 is 0. The fourth-order valence-electron chi connectivity index (χ4n) is 8.61. The molecule has 6 heteroatoms. The largest absolute Gasteiger partial charge is 0.462 e. The summed E-state index contributed by atoms with van der Waals surface area (Å²) in [6.45, 7) is 6.50. The average Bonchev–Trinajstić information content (AvgIpc) is 3.23. The van der Waals surface area contributed by atoms with E-state index in [1.54, 1.807) is 0 Å². The van der Waals surface area contributed by atoms with Crippen LogP contribution in [-0.4, -0.2) is 46.9 Å². The van der Waals surface area contributed by atoms with Crippen LogP contribution in [0.2, 0.25) is 0 Å². The molecular weight excluding hydrogens is 731 g/mol. The molecule has 0 radical (unpaired) electrons. The van der Waals surface area contributed by atoms with E-state index in [1.807, 2.05) is 0 Å². The van der Waals surface area contributed by atoms with Crippen molar-refractivity contribution in [3.05, 3.63) is 0 Å². The predicted octanol–water partition coefficient (Wildman–Crippen LogP) is 16.0. The predicted molar refractivity (Wildman–Crippen MR) is 255 cm³/mol.